The Labute approximate surface area is 105 Å². The molecule has 1 aliphatic heterocycles. The average Bonchev–Trinajstić information content (AvgIpc) is 2.81. The van der Waals surface area contributed by atoms with E-state index in [9.17, 15) is 0 Å². The van der Waals surface area contributed by atoms with Crippen LogP contribution in [-0.2, 0) is 0 Å². The Morgan fingerprint density at radius 1 is 1.31 bits per heavy atom. The second-order valence-electron chi connectivity index (χ2n) is 5.06. The Bertz CT molecular complexity index is 184. The summed E-state index contributed by atoms with van der Waals surface area (Å²) in [5, 5.41) is 0. The van der Waals surface area contributed by atoms with Crippen LogP contribution in [0.3, 0.4) is 0 Å². The number of hydrogen-bond donors (Lipinski definition) is 1. The van der Waals surface area contributed by atoms with Crippen molar-refractivity contribution in [3.8, 4) is 0 Å². The molecule has 1 heterocycles. The summed E-state index contributed by atoms with van der Waals surface area (Å²) >= 11 is 2.09. The maximum Gasteiger partial charge on any atom is 0.0331 e. The molecule has 16 heavy (non-hydrogen) atoms. The summed E-state index contributed by atoms with van der Waals surface area (Å²) in [6.07, 6.45) is 6.31. The van der Waals surface area contributed by atoms with Gasteiger partial charge in [0.15, 0.2) is 0 Å². The van der Waals surface area contributed by atoms with Crippen molar-refractivity contribution in [2.75, 3.05) is 25.1 Å². The largest absolute Gasteiger partial charge is 0.329 e. The Hall–Kier alpha value is 0.270. The van der Waals surface area contributed by atoms with Gasteiger partial charge in [-0.2, -0.15) is 11.8 Å². The lowest BCUT2D eigenvalue weighted by atomic mass is 9.85. The number of hydrogen-bond acceptors (Lipinski definition) is 3. The molecule has 1 unspecified atom stereocenters. The molecule has 0 aromatic rings. The van der Waals surface area contributed by atoms with E-state index in [1.54, 1.807) is 0 Å². The molecule has 0 spiro atoms. The van der Waals surface area contributed by atoms with Crippen LogP contribution in [0.2, 0.25) is 0 Å². The van der Waals surface area contributed by atoms with E-state index in [0.29, 0.717) is 0 Å². The summed E-state index contributed by atoms with van der Waals surface area (Å²) in [7, 11) is 2.30. The molecule has 1 fully saturated rings. The Morgan fingerprint density at radius 2 is 1.94 bits per heavy atom. The third-order valence-corrected chi connectivity index (χ3v) is 5.16. The van der Waals surface area contributed by atoms with E-state index in [4.69, 9.17) is 5.73 Å². The van der Waals surface area contributed by atoms with Crippen molar-refractivity contribution in [2.45, 2.75) is 57.5 Å². The highest BCUT2D eigenvalue weighted by atomic mass is 32.2. The van der Waals surface area contributed by atoms with E-state index >= 15 is 0 Å². The Balaban J connectivity index is 2.71. The van der Waals surface area contributed by atoms with E-state index in [1.165, 1.54) is 43.6 Å². The quantitative estimate of drug-likeness (QED) is 0.746. The van der Waals surface area contributed by atoms with Gasteiger partial charge in [-0.15, -0.1) is 0 Å². The Morgan fingerprint density at radius 3 is 2.31 bits per heavy atom. The molecular weight excluding hydrogens is 216 g/mol. The fraction of sp³-hybridized carbons (Fsp3) is 1.00. The van der Waals surface area contributed by atoms with E-state index in [0.717, 1.165) is 12.6 Å². The van der Waals surface area contributed by atoms with Gasteiger partial charge in [0.1, 0.15) is 0 Å². The molecule has 0 amide bonds. The van der Waals surface area contributed by atoms with Crippen molar-refractivity contribution in [3.63, 3.8) is 0 Å². The number of thioether (sulfide) groups is 1. The van der Waals surface area contributed by atoms with Gasteiger partial charge in [0.25, 0.3) is 0 Å². The van der Waals surface area contributed by atoms with Gasteiger partial charge in [-0.3, -0.25) is 4.90 Å². The van der Waals surface area contributed by atoms with Crippen molar-refractivity contribution >= 4 is 11.8 Å². The molecule has 0 aromatic carbocycles. The van der Waals surface area contributed by atoms with Crippen molar-refractivity contribution in [3.05, 3.63) is 0 Å². The molecule has 0 saturated carbocycles. The summed E-state index contributed by atoms with van der Waals surface area (Å²) in [6, 6.07) is 0.756. The molecular formula is C13H28N2S. The summed E-state index contributed by atoms with van der Waals surface area (Å²) < 4.78 is 0. The van der Waals surface area contributed by atoms with Gasteiger partial charge in [-0.1, -0.05) is 26.7 Å². The highest BCUT2D eigenvalue weighted by Crippen LogP contribution is 2.32. The molecule has 0 aromatic heterocycles. The van der Waals surface area contributed by atoms with Crippen LogP contribution in [0.25, 0.3) is 0 Å². The van der Waals surface area contributed by atoms with Gasteiger partial charge in [-0.25, -0.2) is 0 Å². The smallest absolute Gasteiger partial charge is 0.0331 e. The first-order valence-electron chi connectivity index (χ1n) is 6.71. The van der Waals surface area contributed by atoms with Crippen LogP contribution < -0.4 is 5.73 Å². The molecule has 0 radical (unpaired) electrons. The van der Waals surface area contributed by atoms with Crippen LogP contribution >= 0.6 is 11.8 Å². The van der Waals surface area contributed by atoms with Gasteiger partial charge in [0.2, 0.25) is 0 Å². The van der Waals surface area contributed by atoms with E-state index in [2.05, 4.69) is 37.6 Å². The lowest BCUT2D eigenvalue weighted by Crippen LogP contribution is -2.56. The zero-order chi connectivity index (χ0) is 12.0. The van der Waals surface area contributed by atoms with E-state index in [-0.39, 0.29) is 5.54 Å². The third kappa shape index (κ3) is 3.14. The van der Waals surface area contributed by atoms with Crippen LogP contribution in [0.15, 0.2) is 0 Å². The second-order valence-corrected chi connectivity index (χ2v) is 6.21. The van der Waals surface area contributed by atoms with E-state index in [1.807, 2.05) is 0 Å². The highest BCUT2D eigenvalue weighted by Gasteiger charge is 2.36. The molecule has 1 saturated heterocycles. The van der Waals surface area contributed by atoms with Crippen LogP contribution in [0.4, 0.5) is 0 Å². The second kappa shape index (κ2) is 6.87. The van der Waals surface area contributed by atoms with Gasteiger partial charge in [0.05, 0.1) is 0 Å². The minimum atomic E-state index is 0.263. The van der Waals surface area contributed by atoms with Crippen LogP contribution in [0.1, 0.15) is 46.0 Å². The maximum atomic E-state index is 6.10. The number of likely N-dealkylation sites (N-methyl/N-ethyl adjacent to an activating group) is 1. The van der Waals surface area contributed by atoms with Gasteiger partial charge in [0, 0.05) is 23.9 Å². The number of nitrogens with two attached hydrogens (primary N) is 1. The fourth-order valence-electron chi connectivity index (χ4n) is 2.97. The topological polar surface area (TPSA) is 29.3 Å². The normalized spacial score (nSPS) is 21.9. The molecule has 2 N–H and O–H groups in total. The molecule has 96 valence electrons. The predicted molar refractivity (Wildman–Crippen MR) is 75.1 cm³/mol. The zero-order valence-corrected chi connectivity index (χ0v) is 12.0. The van der Waals surface area contributed by atoms with Gasteiger partial charge in [-0.05, 0) is 32.1 Å². The highest BCUT2D eigenvalue weighted by molar-refractivity contribution is 7.99. The first kappa shape index (κ1) is 14.3. The zero-order valence-electron chi connectivity index (χ0n) is 11.2. The molecule has 0 bridgehead atoms. The lowest BCUT2D eigenvalue weighted by molar-refractivity contribution is 0.0689. The molecule has 1 aliphatic rings. The summed E-state index contributed by atoms with van der Waals surface area (Å²) in [6.45, 7) is 5.36. The molecule has 1 atom stereocenters. The van der Waals surface area contributed by atoms with Crippen LogP contribution in [0.5, 0.6) is 0 Å². The third-order valence-electron chi connectivity index (χ3n) is 4.01. The van der Waals surface area contributed by atoms with Gasteiger partial charge < -0.3 is 5.73 Å². The summed E-state index contributed by atoms with van der Waals surface area (Å²) in [4.78, 5) is 2.61. The standard InChI is InChI=1S/C13H28N2S/c1-4-7-13(11-14,8-5-2)15(3)12-6-9-16-10-12/h12H,4-11,14H2,1-3H3. The Kier molecular flexibility index (Phi) is 6.16. The molecule has 2 nitrogen and oxygen atoms in total. The van der Waals surface area contributed by atoms with Crippen molar-refractivity contribution in [1.29, 1.82) is 0 Å². The number of rotatable bonds is 7. The van der Waals surface area contributed by atoms with Gasteiger partial charge >= 0.3 is 0 Å². The molecule has 0 aliphatic carbocycles. The predicted octanol–water partition coefficient (Wildman–Crippen LogP) is 2.72. The van der Waals surface area contributed by atoms with Crippen LogP contribution in [-0.4, -0.2) is 41.6 Å². The molecule has 1 rings (SSSR count). The van der Waals surface area contributed by atoms with E-state index < -0.39 is 0 Å². The van der Waals surface area contributed by atoms with Crippen LogP contribution in [0, 0.1) is 0 Å². The van der Waals surface area contributed by atoms with Crippen molar-refractivity contribution in [1.82, 2.24) is 4.90 Å². The average molecular weight is 244 g/mol. The summed E-state index contributed by atoms with van der Waals surface area (Å²) in [5.74, 6) is 2.62. The first-order valence-corrected chi connectivity index (χ1v) is 7.86. The lowest BCUT2D eigenvalue weighted by Gasteiger charge is -2.44. The maximum absolute atomic E-state index is 6.10. The minimum Gasteiger partial charge on any atom is -0.329 e. The monoisotopic (exact) mass is 244 g/mol. The van der Waals surface area contributed by atoms with Crippen molar-refractivity contribution < 1.29 is 0 Å². The SMILES string of the molecule is CCCC(CN)(CCC)N(C)C1CCSC1. The molecule has 3 heteroatoms. The fourth-order valence-corrected chi connectivity index (χ4v) is 4.24. The summed E-state index contributed by atoms with van der Waals surface area (Å²) in [5.41, 5.74) is 6.36. The van der Waals surface area contributed by atoms with Crippen molar-refractivity contribution in [2.24, 2.45) is 5.73 Å². The first-order chi connectivity index (χ1) is 7.70. The minimum absolute atomic E-state index is 0.263. The number of nitrogens with zero attached hydrogens (tertiary/aromatic N) is 1.